The lowest BCUT2D eigenvalue weighted by Gasteiger charge is -1.81. The molecular weight excluding hydrogens is 126 g/mol. The Hall–Kier alpha value is -1.51. The molecule has 0 unspecified atom stereocenters. The lowest BCUT2D eigenvalue weighted by Crippen LogP contribution is -1.68. The van der Waals surface area contributed by atoms with Crippen LogP contribution in [0.1, 0.15) is 0 Å². The highest BCUT2D eigenvalue weighted by Gasteiger charge is 1.98. The van der Waals surface area contributed by atoms with Crippen molar-refractivity contribution in [2.45, 2.75) is 0 Å². The van der Waals surface area contributed by atoms with Gasteiger partial charge in [-0.3, -0.25) is 15.0 Å². The summed E-state index contributed by atoms with van der Waals surface area (Å²) in [5.41, 5.74) is 1.86. The van der Waals surface area contributed by atoms with Gasteiger partial charge in [-0.05, 0) is 0 Å². The molecule has 2 heterocycles. The molecule has 2 aliphatic rings. The molecule has 0 saturated heterocycles. The van der Waals surface area contributed by atoms with Crippen LogP contribution in [-0.2, 0) is 0 Å². The van der Waals surface area contributed by atoms with Crippen LogP contribution >= 0.6 is 0 Å². The molecule has 0 amide bonds. The Balaban J connectivity index is 2.74. The summed E-state index contributed by atoms with van der Waals surface area (Å²) in [6.07, 6.45) is 8.52. The van der Waals surface area contributed by atoms with Crippen LogP contribution in [0.15, 0.2) is 31.0 Å². The van der Waals surface area contributed by atoms with E-state index in [4.69, 9.17) is 0 Å². The van der Waals surface area contributed by atoms with Crippen LogP contribution in [0.4, 0.5) is 0 Å². The molecule has 0 fully saturated rings. The molecule has 0 spiro atoms. The van der Waals surface area contributed by atoms with Gasteiger partial charge in [0.05, 0.1) is 11.9 Å². The first kappa shape index (κ1) is 5.29. The van der Waals surface area contributed by atoms with Crippen LogP contribution < -0.4 is 0 Å². The Kier molecular flexibility index (Phi) is 1.07. The maximum atomic E-state index is 4.08. The monoisotopic (exact) mass is 131 g/mol. The zero-order chi connectivity index (χ0) is 6.81. The van der Waals surface area contributed by atoms with E-state index in [9.17, 15) is 0 Å². The molecule has 3 nitrogen and oxygen atoms in total. The van der Waals surface area contributed by atoms with Crippen LogP contribution in [0.3, 0.4) is 0 Å². The van der Waals surface area contributed by atoms with Gasteiger partial charge in [-0.15, -0.1) is 0 Å². The highest BCUT2D eigenvalue weighted by molar-refractivity contribution is 5.56. The smallest absolute Gasteiger partial charge is 0.0916 e. The van der Waals surface area contributed by atoms with Gasteiger partial charge in [0.2, 0.25) is 0 Å². The summed E-state index contributed by atoms with van der Waals surface area (Å²) < 4.78 is 0. The van der Waals surface area contributed by atoms with Crippen molar-refractivity contribution in [2.24, 2.45) is 0 Å². The van der Waals surface area contributed by atoms with E-state index in [1.807, 2.05) is 0 Å². The molecule has 48 valence electrons. The lowest BCUT2D eigenvalue weighted by molar-refractivity contribution is 1.31. The van der Waals surface area contributed by atoms with Gasteiger partial charge in [-0.1, -0.05) is 0 Å². The standard InChI is InChI=1S/C7H5N3/c1-2-10-7-5-9-4-6(7)3-8-1/h1-5H. The zero-order valence-electron chi connectivity index (χ0n) is 5.23. The molecule has 0 saturated carbocycles. The number of fused-ring (bicyclic) bond motifs is 1. The SMILES string of the molecule is c1cnc2cncc-2cn1. The lowest BCUT2D eigenvalue weighted by atomic mass is 10.3. The highest BCUT2D eigenvalue weighted by Crippen LogP contribution is 2.13. The maximum absolute atomic E-state index is 4.08. The Morgan fingerprint density at radius 2 is 1.80 bits per heavy atom. The molecule has 0 N–H and O–H groups in total. The minimum absolute atomic E-state index is 0.887. The van der Waals surface area contributed by atoms with Crippen LogP contribution in [0.5, 0.6) is 0 Å². The van der Waals surface area contributed by atoms with Crippen molar-refractivity contribution >= 4 is 0 Å². The first-order valence-corrected chi connectivity index (χ1v) is 2.96. The summed E-state index contributed by atoms with van der Waals surface area (Å²) in [6, 6.07) is 0. The molecule has 0 radical (unpaired) electrons. The third-order valence-electron chi connectivity index (χ3n) is 1.29. The molecule has 0 bridgehead atoms. The molecule has 0 aromatic carbocycles. The van der Waals surface area contributed by atoms with E-state index in [1.165, 1.54) is 0 Å². The second-order valence-electron chi connectivity index (χ2n) is 1.95. The fraction of sp³-hybridized carbons (Fsp3) is 0. The van der Waals surface area contributed by atoms with Crippen LogP contribution in [0.2, 0.25) is 0 Å². The first-order valence-electron chi connectivity index (χ1n) is 2.96. The van der Waals surface area contributed by atoms with Gasteiger partial charge in [-0.2, -0.15) is 0 Å². The van der Waals surface area contributed by atoms with E-state index in [1.54, 1.807) is 31.0 Å². The summed E-state index contributed by atoms with van der Waals surface area (Å²) in [6.45, 7) is 0. The minimum atomic E-state index is 0.887. The van der Waals surface area contributed by atoms with Gasteiger partial charge in [0.15, 0.2) is 0 Å². The second-order valence-corrected chi connectivity index (χ2v) is 1.95. The molecule has 3 heteroatoms. The summed E-state index contributed by atoms with van der Waals surface area (Å²) in [4.78, 5) is 12.0. The van der Waals surface area contributed by atoms with Crippen LogP contribution in [0, 0.1) is 0 Å². The number of hydrogen-bond donors (Lipinski definition) is 0. The van der Waals surface area contributed by atoms with E-state index in [-0.39, 0.29) is 0 Å². The number of hydrogen-bond acceptors (Lipinski definition) is 3. The van der Waals surface area contributed by atoms with Crippen molar-refractivity contribution < 1.29 is 0 Å². The Morgan fingerprint density at radius 3 is 2.80 bits per heavy atom. The van der Waals surface area contributed by atoms with Crippen molar-refractivity contribution in [3.63, 3.8) is 0 Å². The summed E-state index contributed by atoms with van der Waals surface area (Å²) >= 11 is 0. The predicted molar refractivity (Wildman–Crippen MR) is 36.4 cm³/mol. The Bertz CT molecular complexity index is 280. The maximum Gasteiger partial charge on any atom is 0.0916 e. The van der Waals surface area contributed by atoms with Gasteiger partial charge < -0.3 is 0 Å². The van der Waals surface area contributed by atoms with Crippen molar-refractivity contribution in [1.82, 2.24) is 15.0 Å². The summed E-state index contributed by atoms with van der Waals surface area (Å²) in [7, 11) is 0. The molecule has 0 atom stereocenters. The molecule has 0 aliphatic carbocycles. The fourth-order valence-electron chi connectivity index (χ4n) is 0.812. The van der Waals surface area contributed by atoms with Gasteiger partial charge in [0.25, 0.3) is 0 Å². The molecule has 2 aliphatic heterocycles. The second kappa shape index (κ2) is 2.02. The Morgan fingerprint density at radius 1 is 0.900 bits per heavy atom. The molecule has 10 heavy (non-hydrogen) atoms. The zero-order valence-corrected chi connectivity index (χ0v) is 5.23. The van der Waals surface area contributed by atoms with Crippen molar-refractivity contribution in [3.05, 3.63) is 31.0 Å². The topological polar surface area (TPSA) is 38.7 Å². The van der Waals surface area contributed by atoms with Gasteiger partial charge in [-0.25, -0.2) is 0 Å². The van der Waals surface area contributed by atoms with E-state index in [0.29, 0.717) is 0 Å². The molecule has 0 aromatic heterocycles. The van der Waals surface area contributed by atoms with Crippen molar-refractivity contribution in [3.8, 4) is 11.3 Å². The van der Waals surface area contributed by atoms with Gasteiger partial charge >= 0.3 is 0 Å². The molecule has 2 rings (SSSR count). The quantitative estimate of drug-likeness (QED) is 0.534. The van der Waals surface area contributed by atoms with E-state index in [2.05, 4.69) is 15.0 Å². The summed E-state index contributed by atoms with van der Waals surface area (Å²) in [5.74, 6) is 0. The number of aromatic nitrogens is 3. The van der Waals surface area contributed by atoms with E-state index in [0.717, 1.165) is 11.3 Å². The van der Waals surface area contributed by atoms with Crippen LogP contribution in [0.25, 0.3) is 11.3 Å². The third kappa shape index (κ3) is 0.719. The third-order valence-corrected chi connectivity index (χ3v) is 1.29. The average Bonchev–Trinajstić information content (AvgIpc) is 2.28. The number of rotatable bonds is 0. The van der Waals surface area contributed by atoms with Crippen molar-refractivity contribution in [2.75, 3.05) is 0 Å². The normalized spacial score (nSPS) is 10.0. The van der Waals surface area contributed by atoms with E-state index < -0.39 is 0 Å². The average molecular weight is 131 g/mol. The van der Waals surface area contributed by atoms with Gasteiger partial charge in [0.1, 0.15) is 0 Å². The number of nitrogens with zero attached hydrogens (tertiary/aromatic N) is 3. The highest BCUT2D eigenvalue weighted by atomic mass is 14.8. The molecule has 0 aromatic rings. The van der Waals surface area contributed by atoms with Crippen molar-refractivity contribution in [1.29, 1.82) is 0 Å². The Labute approximate surface area is 58.1 Å². The minimum Gasteiger partial charge on any atom is -0.262 e. The summed E-state index contributed by atoms with van der Waals surface area (Å²) in [5, 5.41) is 0. The fourth-order valence-corrected chi connectivity index (χ4v) is 0.812. The van der Waals surface area contributed by atoms with E-state index >= 15 is 0 Å². The first-order chi connectivity index (χ1) is 4.97. The van der Waals surface area contributed by atoms with Gasteiger partial charge in [0, 0.05) is 30.4 Å². The largest absolute Gasteiger partial charge is 0.262 e. The molecular formula is C7H5N3. The predicted octanol–water partition coefficient (Wildman–Crippen LogP) is 0.976. The van der Waals surface area contributed by atoms with Crippen LogP contribution in [-0.4, -0.2) is 15.0 Å².